The summed E-state index contributed by atoms with van der Waals surface area (Å²) in [4.78, 5) is 30.7. The molecule has 2 aromatic rings. The van der Waals surface area contributed by atoms with Crippen molar-refractivity contribution >= 4 is 11.8 Å². The van der Waals surface area contributed by atoms with Gasteiger partial charge in [0.2, 0.25) is 5.91 Å². The van der Waals surface area contributed by atoms with Crippen LogP contribution in [-0.2, 0) is 27.2 Å². The molecule has 8 heteroatoms. The number of benzene rings is 1. The third-order valence-corrected chi connectivity index (χ3v) is 7.33. The minimum absolute atomic E-state index is 0.0310. The minimum Gasteiger partial charge on any atom is -0.491 e. The molecule has 4 rings (SSSR count). The smallest absolute Gasteiger partial charge is 0.256 e. The molecule has 0 radical (unpaired) electrons. The van der Waals surface area contributed by atoms with Crippen molar-refractivity contribution in [2.24, 2.45) is 0 Å². The van der Waals surface area contributed by atoms with Gasteiger partial charge in [0.05, 0.1) is 25.4 Å². The maximum absolute atomic E-state index is 13.8. The molecule has 1 spiro atoms. The fourth-order valence-electron chi connectivity index (χ4n) is 5.25. The van der Waals surface area contributed by atoms with E-state index in [-0.39, 0.29) is 11.8 Å². The van der Waals surface area contributed by atoms with Gasteiger partial charge in [0.15, 0.2) is 5.60 Å². The largest absolute Gasteiger partial charge is 0.491 e. The number of carbonyl (C=O) groups is 2. The number of amides is 2. The Morgan fingerprint density at radius 1 is 1.17 bits per heavy atom. The maximum Gasteiger partial charge on any atom is 0.256 e. The molecule has 1 aromatic carbocycles. The third-order valence-electron chi connectivity index (χ3n) is 7.33. The first kappa shape index (κ1) is 25.2. The van der Waals surface area contributed by atoms with E-state index in [9.17, 15) is 9.59 Å². The number of hydrogen-bond acceptors (Lipinski definition) is 5. The maximum atomic E-state index is 13.8. The van der Waals surface area contributed by atoms with Crippen molar-refractivity contribution in [3.63, 3.8) is 0 Å². The highest BCUT2D eigenvalue weighted by molar-refractivity contribution is 5.87. The molecule has 1 unspecified atom stereocenters. The first-order valence-corrected chi connectivity index (χ1v) is 12.9. The first-order chi connectivity index (χ1) is 16.9. The Bertz CT molecular complexity index is 1020. The van der Waals surface area contributed by atoms with Crippen molar-refractivity contribution in [1.29, 1.82) is 0 Å². The summed E-state index contributed by atoms with van der Waals surface area (Å²) in [5.41, 5.74) is 3.24. The molecule has 190 valence electrons. The van der Waals surface area contributed by atoms with Gasteiger partial charge in [0.25, 0.3) is 5.91 Å². The van der Waals surface area contributed by atoms with Crippen LogP contribution in [0.5, 0.6) is 5.75 Å². The van der Waals surface area contributed by atoms with Crippen molar-refractivity contribution in [3.05, 3.63) is 46.8 Å². The van der Waals surface area contributed by atoms with Gasteiger partial charge in [-0.1, -0.05) is 18.2 Å². The molecule has 1 atom stereocenters. The number of aromatic nitrogens is 2. The average Bonchev–Trinajstić information content (AvgIpc) is 3.19. The number of nitrogens with zero attached hydrogens (tertiary/aromatic N) is 3. The number of H-pyrrole nitrogens is 1. The van der Waals surface area contributed by atoms with Gasteiger partial charge >= 0.3 is 0 Å². The second-order valence-corrected chi connectivity index (χ2v) is 9.62. The lowest BCUT2D eigenvalue weighted by molar-refractivity contribution is -0.176. The van der Waals surface area contributed by atoms with Crippen molar-refractivity contribution in [2.75, 3.05) is 39.4 Å². The van der Waals surface area contributed by atoms with Gasteiger partial charge < -0.3 is 19.3 Å². The molecule has 3 heterocycles. The van der Waals surface area contributed by atoms with Gasteiger partial charge in [0, 0.05) is 25.2 Å². The number of fused-ring (bicyclic) bond motifs is 1. The van der Waals surface area contributed by atoms with Crippen LogP contribution in [0, 0.1) is 13.8 Å². The van der Waals surface area contributed by atoms with E-state index in [1.807, 2.05) is 48.8 Å². The van der Waals surface area contributed by atoms with Crippen LogP contribution in [0.25, 0.3) is 0 Å². The van der Waals surface area contributed by atoms with Crippen LogP contribution in [0.15, 0.2) is 24.3 Å². The molecule has 2 aliphatic rings. The van der Waals surface area contributed by atoms with Crippen LogP contribution in [0.2, 0.25) is 0 Å². The van der Waals surface area contributed by atoms with E-state index in [0.29, 0.717) is 58.7 Å². The number of carbonyl (C=O) groups excluding carboxylic acids is 2. The van der Waals surface area contributed by atoms with Gasteiger partial charge in [0.1, 0.15) is 12.4 Å². The highest BCUT2D eigenvalue weighted by Crippen LogP contribution is 2.30. The van der Waals surface area contributed by atoms with Crippen molar-refractivity contribution in [2.45, 2.75) is 64.9 Å². The molecular weight excluding hydrogens is 444 g/mol. The Hall–Kier alpha value is -2.87. The Morgan fingerprint density at radius 3 is 2.77 bits per heavy atom. The Kier molecular flexibility index (Phi) is 8.11. The molecule has 1 saturated heterocycles. The molecular formula is C27H38N4O4. The van der Waals surface area contributed by atoms with E-state index in [1.165, 1.54) is 5.56 Å². The number of likely N-dealkylation sites (N-methyl/N-ethyl adjacent to an activating group) is 1. The lowest BCUT2D eigenvalue weighted by Crippen LogP contribution is -2.62. The molecule has 8 nitrogen and oxygen atoms in total. The van der Waals surface area contributed by atoms with Crippen LogP contribution < -0.4 is 4.74 Å². The quantitative estimate of drug-likeness (QED) is 0.723. The number of nitrogens with one attached hydrogen (secondary N) is 1. The standard InChI is InChI=1S/C27H38N4O4/c1-4-30-15-17-34-24-11-6-5-9-22(24)10-7-8-14-27(26(30)33)19-31(16-18-35-27)25(32)13-12-23-20(2)28-29-21(23)3/h5-6,9,11H,4,7-8,10,12-19H2,1-3H3,(H,28,29). The number of ether oxygens (including phenoxy) is 2. The number of rotatable bonds is 4. The number of aromatic amines is 1. The predicted molar refractivity (Wildman–Crippen MR) is 133 cm³/mol. The van der Waals surface area contributed by atoms with Crippen LogP contribution in [0.1, 0.15) is 55.1 Å². The lowest BCUT2D eigenvalue weighted by Gasteiger charge is -2.44. The number of para-hydroxylation sites is 1. The SMILES string of the molecule is CCN1CCOc2ccccc2CCCCC2(CN(C(=O)CCc3c(C)n[nH]c3C)CCO2)C1=O. The van der Waals surface area contributed by atoms with Crippen LogP contribution >= 0.6 is 0 Å². The van der Waals surface area contributed by atoms with Gasteiger partial charge in [-0.05, 0) is 70.1 Å². The van der Waals surface area contributed by atoms with Gasteiger partial charge in [-0.3, -0.25) is 14.7 Å². The summed E-state index contributed by atoms with van der Waals surface area (Å²) in [6.45, 7) is 8.60. The molecule has 1 N–H and O–H groups in total. The molecule has 0 saturated carbocycles. The highest BCUT2D eigenvalue weighted by Gasteiger charge is 2.46. The molecule has 2 aliphatic heterocycles. The summed E-state index contributed by atoms with van der Waals surface area (Å²) < 4.78 is 12.3. The van der Waals surface area contributed by atoms with Crippen molar-refractivity contribution < 1.29 is 19.1 Å². The normalized spacial score (nSPS) is 21.7. The zero-order valence-electron chi connectivity index (χ0n) is 21.3. The molecule has 35 heavy (non-hydrogen) atoms. The minimum atomic E-state index is -0.996. The van der Waals surface area contributed by atoms with E-state index in [2.05, 4.69) is 16.3 Å². The lowest BCUT2D eigenvalue weighted by atomic mass is 9.90. The Labute approximate surface area is 208 Å². The average molecular weight is 483 g/mol. The number of hydrogen-bond donors (Lipinski definition) is 1. The second-order valence-electron chi connectivity index (χ2n) is 9.62. The van der Waals surface area contributed by atoms with Crippen molar-refractivity contribution in [1.82, 2.24) is 20.0 Å². The molecule has 1 aromatic heterocycles. The van der Waals surface area contributed by atoms with Gasteiger partial charge in [-0.2, -0.15) is 5.10 Å². The zero-order valence-corrected chi connectivity index (χ0v) is 21.3. The van der Waals surface area contributed by atoms with Crippen LogP contribution in [-0.4, -0.2) is 76.8 Å². The second kappa shape index (κ2) is 11.2. The Morgan fingerprint density at radius 2 is 2.00 bits per heavy atom. The van der Waals surface area contributed by atoms with E-state index >= 15 is 0 Å². The summed E-state index contributed by atoms with van der Waals surface area (Å²) in [5.74, 6) is 0.934. The fourth-order valence-corrected chi connectivity index (χ4v) is 5.25. The number of morpholine rings is 1. The van der Waals surface area contributed by atoms with Crippen LogP contribution in [0.3, 0.4) is 0 Å². The molecule has 2 amide bonds. The fraction of sp³-hybridized carbons (Fsp3) is 0.593. The highest BCUT2D eigenvalue weighted by atomic mass is 16.5. The number of aryl methyl sites for hydroxylation is 3. The summed E-state index contributed by atoms with van der Waals surface area (Å²) in [5, 5.41) is 7.22. The molecule has 0 bridgehead atoms. The van der Waals surface area contributed by atoms with Crippen LogP contribution in [0.4, 0.5) is 0 Å². The summed E-state index contributed by atoms with van der Waals surface area (Å²) >= 11 is 0. The Balaban J connectivity index is 1.48. The van der Waals surface area contributed by atoms with Gasteiger partial charge in [-0.25, -0.2) is 0 Å². The first-order valence-electron chi connectivity index (χ1n) is 12.9. The van der Waals surface area contributed by atoms with E-state index in [0.717, 1.165) is 42.0 Å². The van der Waals surface area contributed by atoms with Crippen molar-refractivity contribution in [3.8, 4) is 5.75 Å². The summed E-state index contributed by atoms with van der Waals surface area (Å²) in [7, 11) is 0. The predicted octanol–water partition coefficient (Wildman–Crippen LogP) is 3.21. The summed E-state index contributed by atoms with van der Waals surface area (Å²) in [6.07, 6.45) is 4.31. The van der Waals surface area contributed by atoms with E-state index in [1.54, 1.807) is 0 Å². The molecule has 1 fully saturated rings. The van der Waals surface area contributed by atoms with Gasteiger partial charge in [-0.15, -0.1) is 0 Å². The molecule has 0 aliphatic carbocycles. The van der Waals surface area contributed by atoms with E-state index in [4.69, 9.17) is 9.47 Å². The monoisotopic (exact) mass is 482 g/mol. The third kappa shape index (κ3) is 5.69. The van der Waals surface area contributed by atoms with E-state index < -0.39 is 5.60 Å². The zero-order chi connectivity index (χ0) is 24.8. The topological polar surface area (TPSA) is 87.8 Å². The summed E-state index contributed by atoms with van der Waals surface area (Å²) in [6, 6.07) is 8.14.